The Balaban J connectivity index is 0.000000220. The van der Waals surface area contributed by atoms with E-state index >= 15 is 0 Å². The van der Waals surface area contributed by atoms with Crippen molar-refractivity contribution in [2.45, 2.75) is 37.0 Å². The van der Waals surface area contributed by atoms with E-state index in [2.05, 4.69) is 94.1 Å². The van der Waals surface area contributed by atoms with Gasteiger partial charge in [0.25, 0.3) is 0 Å². The molecule has 0 bridgehead atoms. The molecule has 0 spiro atoms. The number of fused-ring (bicyclic) bond motifs is 6. The quantitative estimate of drug-likeness (QED) is 0.167. The number of hydrogen-bond donors (Lipinski definition) is 4. The van der Waals surface area contributed by atoms with Crippen molar-refractivity contribution in [1.82, 2.24) is 10.6 Å². The number of benzene rings is 4. The molecule has 10 heteroatoms. The van der Waals surface area contributed by atoms with Crippen LogP contribution in [0.3, 0.4) is 0 Å². The van der Waals surface area contributed by atoms with Crippen molar-refractivity contribution < 1.29 is 0 Å². The van der Waals surface area contributed by atoms with Crippen LogP contribution >= 0.6 is 72.8 Å². The molecule has 4 aliphatic heterocycles. The van der Waals surface area contributed by atoms with Gasteiger partial charge in [0.05, 0.1) is 12.1 Å². The van der Waals surface area contributed by atoms with Crippen LogP contribution in [0.15, 0.2) is 97.1 Å². The van der Waals surface area contributed by atoms with Crippen LogP contribution in [-0.2, 0) is 0 Å². The first-order valence-electron chi connectivity index (χ1n) is 14.3. The Morgan fingerprint density at radius 1 is 0.455 bits per heavy atom. The predicted molar refractivity (Wildman–Crippen MR) is 195 cm³/mol. The average molecular weight is 715 g/mol. The zero-order valence-corrected chi connectivity index (χ0v) is 28.7. The molecule has 0 aromatic heterocycles. The van der Waals surface area contributed by atoms with Gasteiger partial charge in [-0.25, -0.2) is 0 Å². The Morgan fingerprint density at radius 3 is 1.20 bits per heavy atom. The van der Waals surface area contributed by atoms with E-state index in [1.807, 2.05) is 24.3 Å². The smallest absolute Gasteiger partial charge is 0.0560 e. The van der Waals surface area contributed by atoms with E-state index in [0.717, 1.165) is 23.1 Å². The summed E-state index contributed by atoms with van der Waals surface area (Å²) in [6, 6.07) is 35.4. The van der Waals surface area contributed by atoms with Gasteiger partial charge in [-0.2, -0.15) is 0 Å². The molecule has 0 amide bonds. The monoisotopic (exact) mass is 712 g/mol. The molecule has 8 rings (SSSR count). The molecule has 2 fully saturated rings. The Bertz CT molecular complexity index is 1370. The minimum absolute atomic E-state index is 0. The molecule has 0 unspecified atom stereocenters. The van der Waals surface area contributed by atoms with E-state index in [0.29, 0.717) is 36.0 Å². The summed E-state index contributed by atoms with van der Waals surface area (Å²) in [7, 11) is 0. The second-order valence-electron chi connectivity index (χ2n) is 11.3. The maximum Gasteiger partial charge on any atom is 0.0560 e. The van der Waals surface area contributed by atoms with Crippen LogP contribution in [0.2, 0.25) is 10.0 Å². The standard InChI is InChI=1S/2C17H17ClN2.4ClH/c2*18-12-7-5-11(6-8-12)16-14-9-10-19-17(14)13-3-1-2-4-15(13)20-16;;;;/h2*1-8,14,16-17,19-20H,9-10H2;4*1H/t2*14-,16+,17+;;;;/m10..../s1. The van der Waals surface area contributed by atoms with Crippen molar-refractivity contribution in [3.05, 3.63) is 129 Å². The summed E-state index contributed by atoms with van der Waals surface area (Å²) in [5.74, 6) is 1.21. The van der Waals surface area contributed by atoms with Gasteiger partial charge in [0, 0.05) is 45.3 Å². The highest BCUT2D eigenvalue weighted by molar-refractivity contribution is 6.30. The van der Waals surface area contributed by atoms with Gasteiger partial charge in [0.15, 0.2) is 0 Å². The highest BCUT2D eigenvalue weighted by Crippen LogP contribution is 2.48. The zero-order valence-electron chi connectivity index (χ0n) is 23.9. The van der Waals surface area contributed by atoms with Gasteiger partial charge in [-0.05, 0) is 84.6 Å². The summed E-state index contributed by atoms with van der Waals surface area (Å²) in [5, 5.41) is 16.4. The summed E-state index contributed by atoms with van der Waals surface area (Å²) in [6.07, 6.45) is 2.42. The Kier molecular flexibility index (Phi) is 13.4. The Labute approximate surface area is 295 Å². The second kappa shape index (κ2) is 16.1. The largest absolute Gasteiger partial charge is 0.378 e. The number of anilines is 2. The lowest BCUT2D eigenvalue weighted by atomic mass is 9.80. The lowest BCUT2D eigenvalue weighted by Gasteiger charge is -2.37. The maximum absolute atomic E-state index is 6.01. The van der Waals surface area contributed by atoms with Gasteiger partial charge >= 0.3 is 0 Å². The lowest BCUT2D eigenvalue weighted by Crippen LogP contribution is -2.32. The first-order valence-corrected chi connectivity index (χ1v) is 15.1. The molecule has 4 nitrogen and oxygen atoms in total. The topological polar surface area (TPSA) is 48.1 Å². The minimum atomic E-state index is 0. The zero-order chi connectivity index (χ0) is 27.1. The molecule has 4 aliphatic rings. The first-order chi connectivity index (χ1) is 19.7. The molecule has 4 heterocycles. The number of halogens is 6. The Hall–Kier alpha value is -1.86. The molecule has 236 valence electrons. The van der Waals surface area contributed by atoms with Crippen LogP contribution in [0, 0.1) is 11.8 Å². The highest BCUT2D eigenvalue weighted by atomic mass is 35.5. The van der Waals surface area contributed by atoms with Gasteiger partial charge in [0.2, 0.25) is 0 Å². The second-order valence-corrected chi connectivity index (χ2v) is 12.2. The van der Waals surface area contributed by atoms with E-state index in [4.69, 9.17) is 23.2 Å². The summed E-state index contributed by atoms with van der Waals surface area (Å²) < 4.78 is 0. The van der Waals surface area contributed by atoms with E-state index in [1.165, 1.54) is 46.5 Å². The van der Waals surface area contributed by atoms with Crippen LogP contribution < -0.4 is 21.3 Å². The first kappa shape index (κ1) is 36.6. The SMILES string of the molecule is Cl.Cl.Cl.Cl.Clc1ccc([C@@H]2Nc3ccccc3[C@@H]3NCC[C@H]23)cc1.Clc1ccc([C@H]2Nc3ccccc3[C@H]3NCC[C@@H]23)cc1. The van der Waals surface area contributed by atoms with Crippen molar-refractivity contribution >= 4 is 84.2 Å². The highest BCUT2D eigenvalue weighted by Gasteiger charge is 2.41. The molecule has 0 saturated carbocycles. The summed E-state index contributed by atoms with van der Waals surface area (Å²) >= 11 is 12.0. The van der Waals surface area contributed by atoms with E-state index in [-0.39, 0.29) is 49.6 Å². The third-order valence-corrected chi connectivity index (χ3v) is 9.57. The molecule has 4 N–H and O–H groups in total. The molecule has 0 radical (unpaired) electrons. The summed E-state index contributed by atoms with van der Waals surface area (Å²) in [4.78, 5) is 0. The van der Waals surface area contributed by atoms with Gasteiger partial charge in [0.1, 0.15) is 0 Å². The third kappa shape index (κ3) is 7.24. The number of para-hydroxylation sites is 2. The van der Waals surface area contributed by atoms with Crippen LogP contribution in [0.4, 0.5) is 11.4 Å². The van der Waals surface area contributed by atoms with E-state index in [1.54, 1.807) is 0 Å². The fourth-order valence-corrected chi connectivity index (χ4v) is 7.45. The van der Waals surface area contributed by atoms with E-state index < -0.39 is 0 Å². The summed E-state index contributed by atoms with van der Waals surface area (Å²) in [5.41, 5.74) is 7.96. The molecular formula is C34H38Cl6N4. The average Bonchev–Trinajstić information content (AvgIpc) is 3.69. The number of hydrogen-bond acceptors (Lipinski definition) is 4. The molecule has 6 atom stereocenters. The van der Waals surface area contributed by atoms with Gasteiger partial charge in [-0.3, -0.25) is 0 Å². The fourth-order valence-electron chi connectivity index (χ4n) is 7.20. The normalized spacial score (nSPS) is 25.0. The van der Waals surface area contributed by atoms with Crippen molar-refractivity contribution in [3.8, 4) is 0 Å². The fraction of sp³-hybridized carbons (Fsp3) is 0.294. The lowest BCUT2D eigenvalue weighted by molar-refractivity contribution is 0.391. The van der Waals surface area contributed by atoms with Crippen molar-refractivity contribution in [2.75, 3.05) is 23.7 Å². The van der Waals surface area contributed by atoms with Gasteiger partial charge in [-0.1, -0.05) is 83.9 Å². The van der Waals surface area contributed by atoms with Gasteiger partial charge < -0.3 is 21.3 Å². The van der Waals surface area contributed by atoms with Crippen LogP contribution in [0.5, 0.6) is 0 Å². The molecule has 2 saturated heterocycles. The number of nitrogens with one attached hydrogen (secondary N) is 4. The van der Waals surface area contributed by atoms with Crippen LogP contribution in [-0.4, -0.2) is 13.1 Å². The number of rotatable bonds is 2. The molecule has 4 aromatic carbocycles. The molecule has 44 heavy (non-hydrogen) atoms. The predicted octanol–water partition coefficient (Wildman–Crippen LogP) is 10.0. The molecule has 4 aromatic rings. The van der Waals surface area contributed by atoms with Crippen LogP contribution in [0.25, 0.3) is 0 Å². The molecule has 0 aliphatic carbocycles. The minimum Gasteiger partial charge on any atom is -0.378 e. The van der Waals surface area contributed by atoms with Gasteiger partial charge in [-0.15, -0.1) is 49.6 Å². The van der Waals surface area contributed by atoms with E-state index in [9.17, 15) is 0 Å². The molecular weight excluding hydrogens is 677 g/mol. The Morgan fingerprint density at radius 2 is 0.818 bits per heavy atom. The van der Waals surface area contributed by atoms with Crippen molar-refractivity contribution in [3.63, 3.8) is 0 Å². The van der Waals surface area contributed by atoms with Crippen molar-refractivity contribution in [2.24, 2.45) is 11.8 Å². The maximum atomic E-state index is 6.01. The van der Waals surface area contributed by atoms with Crippen LogP contribution in [0.1, 0.15) is 59.3 Å². The summed E-state index contributed by atoms with van der Waals surface area (Å²) in [6.45, 7) is 2.19. The van der Waals surface area contributed by atoms with Crippen molar-refractivity contribution in [1.29, 1.82) is 0 Å². The third-order valence-electron chi connectivity index (χ3n) is 9.07.